The molecule has 3 rings (SSSR count). The third-order valence-electron chi connectivity index (χ3n) is 3.18. The Morgan fingerprint density at radius 1 is 0.722 bits per heavy atom. The summed E-state index contributed by atoms with van der Waals surface area (Å²) >= 11 is 0. The number of rotatable bonds is 0. The summed E-state index contributed by atoms with van der Waals surface area (Å²) in [5, 5.41) is 18.8. The summed E-state index contributed by atoms with van der Waals surface area (Å²) in [6.07, 6.45) is -12.4. The Kier molecular flexibility index (Phi) is 2.78. The molecule has 3 aliphatic rings. The lowest BCUT2D eigenvalue weighted by molar-refractivity contribution is -0.148. The summed E-state index contributed by atoms with van der Waals surface area (Å²) < 4.78 is 76.2. The van der Waals surface area contributed by atoms with Gasteiger partial charge in [0, 0.05) is 11.8 Å². The minimum atomic E-state index is -5.19. The van der Waals surface area contributed by atoms with Gasteiger partial charge in [0.25, 0.3) is 0 Å². The summed E-state index contributed by atoms with van der Waals surface area (Å²) in [6, 6.07) is 0. The van der Waals surface area contributed by atoms with Crippen molar-refractivity contribution in [2.45, 2.75) is 24.6 Å². The second-order valence-electron chi connectivity index (χ2n) is 4.24. The van der Waals surface area contributed by atoms with Crippen LogP contribution in [0, 0.1) is 11.8 Å². The highest BCUT2D eigenvalue weighted by molar-refractivity contribution is 5.42. The SMILES string of the molecule is OC1C2C=CC(C(C(F)(F)F)=C2C(F)(F)F)C1O. The van der Waals surface area contributed by atoms with E-state index in [1.807, 2.05) is 0 Å². The van der Waals surface area contributed by atoms with Gasteiger partial charge in [0.05, 0.1) is 23.4 Å². The molecule has 18 heavy (non-hydrogen) atoms. The van der Waals surface area contributed by atoms with E-state index in [-0.39, 0.29) is 0 Å². The lowest BCUT2D eigenvalue weighted by Gasteiger charge is -2.43. The second-order valence-corrected chi connectivity index (χ2v) is 4.24. The molecule has 4 atom stereocenters. The highest BCUT2D eigenvalue weighted by Crippen LogP contribution is 2.52. The van der Waals surface area contributed by atoms with Crippen LogP contribution in [-0.4, -0.2) is 34.8 Å². The van der Waals surface area contributed by atoms with Gasteiger partial charge in [0.2, 0.25) is 0 Å². The van der Waals surface area contributed by atoms with E-state index in [1.54, 1.807) is 0 Å². The predicted molar refractivity (Wildman–Crippen MR) is 47.3 cm³/mol. The first-order valence-electron chi connectivity index (χ1n) is 4.98. The first-order valence-corrected chi connectivity index (χ1v) is 4.98. The molecule has 0 heterocycles. The van der Waals surface area contributed by atoms with Crippen LogP contribution in [0.3, 0.4) is 0 Å². The zero-order valence-corrected chi connectivity index (χ0v) is 8.63. The maximum absolute atomic E-state index is 12.7. The van der Waals surface area contributed by atoms with Crippen LogP contribution >= 0.6 is 0 Å². The Labute approximate surface area is 97.2 Å². The third kappa shape index (κ3) is 1.83. The number of alkyl halides is 6. The minimum absolute atomic E-state index is 0.861. The fourth-order valence-electron chi connectivity index (χ4n) is 2.47. The van der Waals surface area contributed by atoms with Crippen molar-refractivity contribution in [2.75, 3.05) is 0 Å². The fraction of sp³-hybridized carbons (Fsp3) is 0.600. The van der Waals surface area contributed by atoms with Crippen molar-refractivity contribution in [3.05, 3.63) is 23.3 Å². The Bertz CT molecular complexity index is 381. The first-order chi connectivity index (χ1) is 8.05. The number of halogens is 6. The quantitative estimate of drug-likeness (QED) is 0.523. The van der Waals surface area contributed by atoms with E-state index < -0.39 is 47.5 Å². The largest absolute Gasteiger partial charge is 0.413 e. The van der Waals surface area contributed by atoms with Crippen LogP contribution in [0.25, 0.3) is 0 Å². The highest BCUT2D eigenvalue weighted by atomic mass is 19.4. The lowest BCUT2D eigenvalue weighted by atomic mass is 9.67. The summed E-state index contributed by atoms with van der Waals surface area (Å²) in [5.74, 6) is -3.75. The molecule has 0 aromatic rings. The van der Waals surface area contributed by atoms with Crippen molar-refractivity contribution < 1.29 is 36.6 Å². The molecule has 2 bridgehead atoms. The predicted octanol–water partition coefficient (Wildman–Crippen LogP) is 1.95. The summed E-state index contributed by atoms with van der Waals surface area (Å²) in [5.41, 5.74) is -3.61. The van der Waals surface area contributed by atoms with Gasteiger partial charge in [-0.15, -0.1) is 0 Å². The molecule has 2 N–H and O–H groups in total. The molecule has 0 fully saturated rings. The van der Waals surface area contributed by atoms with Crippen LogP contribution in [0.15, 0.2) is 23.3 Å². The maximum atomic E-state index is 12.7. The number of hydrogen-bond donors (Lipinski definition) is 2. The number of aliphatic hydroxyl groups excluding tert-OH is 2. The zero-order chi connectivity index (χ0) is 13.9. The van der Waals surface area contributed by atoms with Gasteiger partial charge in [0.1, 0.15) is 0 Å². The Morgan fingerprint density at radius 2 is 1.00 bits per heavy atom. The first kappa shape index (κ1) is 13.4. The fourth-order valence-corrected chi connectivity index (χ4v) is 2.47. The molecule has 3 aliphatic carbocycles. The Morgan fingerprint density at radius 3 is 1.22 bits per heavy atom. The average Bonchev–Trinajstić information content (AvgIpc) is 2.20. The van der Waals surface area contributed by atoms with E-state index in [0.717, 1.165) is 12.2 Å². The minimum Gasteiger partial charge on any atom is -0.389 e. The molecule has 0 radical (unpaired) electrons. The van der Waals surface area contributed by atoms with Crippen molar-refractivity contribution in [1.82, 2.24) is 0 Å². The van der Waals surface area contributed by atoms with Gasteiger partial charge in [0.15, 0.2) is 0 Å². The molecule has 0 amide bonds. The van der Waals surface area contributed by atoms with Crippen molar-refractivity contribution in [3.63, 3.8) is 0 Å². The molecule has 8 heteroatoms. The molecule has 0 aromatic heterocycles. The van der Waals surface area contributed by atoms with Crippen LogP contribution in [0.5, 0.6) is 0 Å². The number of aliphatic hydroxyl groups is 2. The molecular weight excluding hydrogens is 266 g/mol. The monoisotopic (exact) mass is 274 g/mol. The molecule has 0 saturated carbocycles. The molecule has 0 aromatic carbocycles. The van der Waals surface area contributed by atoms with E-state index >= 15 is 0 Å². The summed E-state index contributed by atoms with van der Waals surface area (Å²) in [6.45, 7) is 0. The highest BCUT2D eigenvalue weighted by Gasteiger charge is 2.58. The van der Waals surface area contributed by atoms with Crippen LogP contribution in [0.1, 0.15) is 0 Å². The van der Waals surface area contributed by atoms with Crippen LogP contribution in [-0.2, 0) is 0 Å². The topological polar surface area (TPSA) is 40.5 Å². The van der Waals surface area contributed by atoms with Crippen LogP contribution in [0.2, 0.25) is 0 Å². The van der Waals surface area contributed by atoms with E-state index in [2.05, 4.69) is 0 Å². The zero-order valence-electron chi connectivity index (χ0n) is 8.63. The van der Waals surface area contributed by atoms with Gasteiger partial charge < -0.3 is 10.2 Å². The van der Waals surface area contributed by atoms with Gasteiger partial charge in [-0.05, 0) is 0 Å². The molecular formula is C10H8F6O2. The van der Waals surface area contributed by atoms with Crippen molar-refractivity contribution in [1.29, 1.82) is 0 Å². The molecule has 102 valence electrons. The summed E-state index contributed by atoms with van der Waals surface area (Å²) in [4.78, 5) is 0. The second kappa shape index (κ2) is 3.74. The van der Waals surface area contributed by atoms with Crippen molar-refractivity contribution in [2.24, 2.45) is 11.8 Å². The van der Waals surface area contributed by atoms with Crippen molar-refractivity contribution in [3.8, 4) is 0 Å². The third-order valence-corrected chi connectivity index (χ3v) is 3.18. The van der Waals surface area contributed by atoms with E-state index in [4.69, 9.17) is 0 Å². The summed E-state index contributed by atoms with van der Waals surface area (Å²) in [7, 11) is 0. The van der Waals surface area contributed by atoms with Gasteiger partial charge in [-0.2, -0.15) is 26.3 Å². The van der Waals surface area contributed by atoms with Gasteiger partial charge in [-0.1, -0.05) is 12.2 Å². The lowest BCUT2D eigenvalue weighted by Crippen LogP contribution is -2.51. The molecule has 2 nitrogen and oxygen atoms in total. The Balaban J connectivity index is 2.64. The standard InChI is InChI=1S/C10H8F6O2/c11-9(12,13)5-3-1-2-4(8(18)7(3)17)6(5)10(14,15)16/h1-4,7-8,17-18H. The van der Waals surface area contributed by atoms with E-state index in [0.29, 0.717) is 0 Å². The Hall–Kier alpha value is -1.02. The average molecular weight is 274 g/mol. The number of fused-ring (bicyclic) bond motifs is 1. The molecule has 0 aliphatic heterocycles. The molecule has 0 spiro atoms. The normalized spacial score (nSPS) is 36.4. The van der Waals surface area contributed by atoms with E-state index in [9.17, 15) is 36.6 Å². The van der Waals surface area contributed by atoms with Gasteiger partial charge >= 0.3 is 12.4 Å². The van der Waals surface area contributed by atoms with Crippen LogP contribution < -0.4 is 0 Å². The van der Waals surface area contributed by atoms with Gasteiger partial charge in [-0.3, -0.25) is 0 Å². The van der Waals surface area contributed by atoms with Crippen LogP contribution in [0.4, 0.5) is 26.3 Å². The smallest absolute Gasteiger partial charge is 0.389 e. The van der Waals surface area contributed by atoms with Crippen molar-refractivity contribution >= 4 is 0 Å². The van der Waals surface area contributed by atoms with Gasteiger partial charge in [-0.25, -0.2) is 0 Å². The van der Waals surface area contributed by atoms with E-state index in [1.165, 1.54) is 0 Å². The molecule has 4 unspecified atom stereocenters. The molecule has 0 saturated heterocycles. The number of hydrogen-bond acceptors (Lipinski definition) is 2. The maximum Gasteiger partial charge on any atom is 0.413 e.